The normalized spacial score (nSPS) is 9.79. The lowest BCUT2D eigenvalue weighted by Crippen LogP contribution is -2.20. The highest BCUT2D eigenvalue weighted by Crippen LogP contribution is 2.02. The molecule has 0 saturated heterocycles. The van der Waals surface area contributed by atoms with Crippen LogP contribution in [0, 0.1) is 0 Å². The van der Waals surface area contributed by atoms with Gasteiger partial charge in [-0.05, 0) is 24.6 Å². The predicted octanol–water partition coefficient (Wildman–Crippen LogP) is 1.40. The molecule has 0 aliphatic rings. The molecular weight excluding hydrogens is 176 g/mol. The van der Waals surface area contributed by atoms with Crippen LogP contribution in [-0.2, 0) is 11.3 Å². The van der Waals surface area contributed by atoms with Crippen LogP contribution in [-0.4, -0.2) is 17.3 Å². The quantitative estimate of drug-likeness (QED) is 0.763. The Bertz CT molecular complexity index is 334. The van der Waals surface area contributed by atoms with E-state index in [1.54, 1.807) is 19.2 Å². The number of hydrogen-bond acceptors (Lipinski definition) is 3. The summed E-state index contributed by atoms with van der Waals surface area (Å²) in [6, 6.07) is 3.83. The Balaban J connectivity index is 2.50. The van der Waals surface area contributed by atoms with Crippen LogP contribution in [0.2, 0.25) is 0 Å². The molecule has 0 radical (unpaired) electrons. The number of carbonyl (C=O) groups is 1. The van der Waals surface area contributed by atoms with E-state index in [4.69, 9.17) is 0 Å². The minimum atomic E-state index is 0.130. The number of aromatic nitrogens is 1. The van der Waals surface area contributed by atoms with Crippen LogP contribution in [0.25, 0.3) is 6.08 Å². The van der Waals surface area contributed by atoms with Crippen LogP contribution in [0.1, 0.15) is 18.2 Å². The summed E-state index contributed by atoms with van der Waals surface area (Å²) in [5.41, 5.74) is 1.96. The van der Waals surface area contributed by atoms with Crippen LogP contribution in [0.5, 0.6) is 0 Å². The van der Waals surface area contributed by atoms with Gasteiger partial charge in [0, 0.05) is 12.7 Å². The predicted molar refractivity (Wildman–Crippen MR) is 56.7 cm³/mol. The first-order chi connectivity index (χ1) is 6.72. The number of hydrogen-bond donors (Lipinski definition) is 1. The van der Waals surface area contributed by atoms with Gasteiger partial charge in [-0.2, -0.15) is 0 Å². The Morgan fingerprint density at radius 2 is 2.50 bits per heavy atom. The Hall–Kier alpha value is -1.48. The SMILES string of the molecule is C=Cc1ccnc(CNCC(C)=O)c1. The highest BCUT2D eigenvalue weighted by molar-refractivity contribution is 5.77. The number of rotatable bonds is 5. The fourth-order valence-corrected chi connectivity index (χ4v) is 1.09. The van der Waals surface area contributed by atoms with Gasteiger partial charge in [-0.3, -0.25) is 9.78 Å². The fraction of sp³-hybridized carbons (Fsp3) is 0.273. The molecule has 0 unspecified atom stereocenters. The second-order valence-electron chi connectivity index (χ2n) is 3.09. The van der Waals surface area contributed by atoms with Gasteiger partial charge in [-0.25, -0.2) is 0 Å². The van der Waals surface area contributed by atoms with Crippen molar-refractivity contribution in [3.8, 4) is 0 Å². The molecule has 1 N–H and O–H groups in total. The molecule has 0 fully saturated rings. The maximum atomic E-state index is 10.7. The van der Waals surface area contributed by atoms with Crippen molar-refractivity contribution in [2.24, 2.45) is 0 Å². The summed E-state index contributed by atoms with van der Waals surface area (Å²) >= 11 is 0. The van der Waals surface area contributed by atoms with E-state index in [1.807, 2.05) is 12.1 Å². The number of nitrogens with zero attached hydrogens (tertiary/aromatic N) is 1. The van der Waals surface area contributed by atoms with Crippen LogP contribution >= 0.6 is 0 Å². The first-order valence-electron chi connectivity index (χ1n) is 4.50. The smallest absolute Gasteiger partial charge is 0.143 e. The largest absolute Gasteiger partial charge is 0.304 e. The molecule has 0 bridgehead atoms. The van der Waals surface area contributed by atoms with Crippen molar-refractivity contribution in [3.05, 3.63) is 36.2 Å². The molecule has 3 nitrogen and oxygen atoms in total. The molecule has 3 heteroatoms. The van der Waals surface area contributed by atoms with Crippen LogP contribution < -0.4 is 5.32 Å². The molecule has 1 aromatic heterocycles. The van der Waals surface area contributed by atoms with Gasteiger partial charge in [-0.15, -0.1) is 0 Å². The fourth-order valence-electron chi connectivity index (χ4n) is 1.09. The van der Waals surface area contributed by atoms with Gasteiger partial charge in [0.05, 0.1) is 12.2 Å². The number of Topliss-reactive ketones (excluding diaryl/α,β-unsaturated/α-hetero) is 1. The van der Waals surface area contributed by atoms with E-state index in [0.717, 1.165) is 11.3 Å². The van der Waals surface area contributed by atoms with Crippen molar-refractivity contribution < 1.29 is 4.79 Å². The van der Waals surface area contributed by atoms with Gasteiger partial charge in [0.15, 0.2) is 0 Å². The highest BCUT2D eigenvalue weighted by atomic mass is 16.1. The monoisotopic (exact) mass is 190 g/mol. The molecular formula is C11H14N2O. The summed E-state index contributed by atoms with van der Waals surface area (Å²) in [7, 11) is 0. The topological polar surface area (TPSA) is 42.0 Å². The molecule has 14 heavy (non-hydrogen) atoms. The maximum absolute atomic E-state index is 10.7. The number of carbonyl (C=O) groups excluding carboxylic acids is 1. The molecule has 1 rings (SSSR count). The van der Waals surface area contributed by atoms with Gasteiger partial charge in [0.1, 0.15) is 5.78 Å². The Morgan fingerprint density at radius 1 is 1.71 bits per heavy atom. The number of nitrogens with one attached hydrogen (secondary N) is 1. The Labute approximate surface area is 83.9 Å². The maximum Gasteiger partial charge on any atom is 0.143 e. The molecule has 0 amide bonds. The third-order valence-electron chi connectivity index (χ3n) is 1.76. The average Bonchev–Trinajstić information content (AvgIpc) is 2.18. The first-order valence-corrected chi connectivity index (χ1v) is 4.50. The van der Waals surface area contributed by atoms with Gasteiger partial charge in [-0.1, -0.05) is 12.7 Å². The van der Waals surface area contributed by atoms with E-state index < -0.39 is 0 Å². The number of ketones is 1. The lowest BCUT2D eigenvalue weighted by Gasteiger charge is -2.02. The first kappa shape index (κ1) is 10.6. The van der Waals surface area contributed by atoms with Crippen molar-refractivity contribution in [2.75, 3.05) is 6.54 Å². The van der Waals surface area contributed by atoms with Crippen LogP contribution in [0.15, 0.2) is 24.9 Å². The van der Waals surface area contributed by atoms with E-state index in [9.17, 15) is 4.79 Å². The van der Waals surface area contributed by atoms with E-state index >= 15 is 0 Å². The van der Waals surface area contributed by atoms with Crippen molar-refractivity contribution in [2.45, 2.75) is 13.5 Å². The van der Waals surface area contributed by atoms with Gasteiger partial charge in [0.25, 0.3) is 0 Å². The van der Waals surface area contributed by atoms with Gasteiger partial charge >= 0.3 is 0 Å². The van der Waals surface area contributed by atoms with Crippen LogP contribution in [0.3, 0.4) is 0 Å². The zero-order chi connectivity index (χ0) is 10.4. The third-order valence-corrected chi connectivity index (χ3v) is 1.76. The zero-order valence-corrected chi connectivity index (χ0v) is 8.29. The second kappa shape index (κ2) is 5.29. The van der Waals surface area contributed by atoms with Crippen molar-refractivity contribution in [3.63, 3.8) is 0 Å². The van der Waals surface area contributed by atoms with Crippen molar-refractivity contribution in [1.29, 1.82) is 0 Å². The summed E-state index contributed by atoms with van der Waals surface area (Å²) in [6.07, 6.45) is 3.51. The molecule has 1 aromatic rings. The summed E-state index contributed by atoms with van der Waals surface area (Å²) in [5.74, 6) is 0.130. The lowest BCUT2D eigenvalue weighted by atomic mass is 10.2. The van der Waals surface area contributed by atoms with E-state index in [1.165, 1.54) is 0 Å². The molecule has 0 saturated carbocycles. The summed E-state index contributed by atoms with van der Waals surface area (Å²) in [6.45, 7) is 6.24. The van der Waals surface area contributed by atoms with E-state index in [0.29, 0.717) is 13.1 Å². The van der Waals surface area contributed by atoms with Crippen LogP contribution in [0.4, 0.5) is 0 Å². The lowest BCUT2D eigenvalue weighted by molar-refractivity contribution is -0.116. The molecule has 0 atom stereocenters. The number of pyridine rings is 1. The average molecular weight is 190 g/mol. The second-order valence-corrected chi connectivity index (χ2v) is 3.09. The molecule has 0 aliphatic heterocycles. The minimum Gasteiger partial charge on any atom is -0.304 e. The summed E-state index contributed by atoms with van der Waals surface area (Å²) < 4.78 is 0. The molecule has 0 aliphatic carbocycles. The van der Waals surface area contributed by atoms with Crippen molar-refractivity contribution in [1.82, 2.24) is 10.3 Å². The molecule has 0 spiro atoms. The standard InChI is InChI=1S/C11H14N2O/c1-3-10-4-5-13-11(6-10)8-12-7-9(2)14/h3-6,12H,1,7-8H2,2H3. The highest BCUT2D eigenvalue weighted by Gasteiger charge is 1.96. The van der Waals surface area contributed by atoms with Gasteiger partial charge in [0.2, 0.25) is 0 Å². The molecule has 1 heterocycles. The Kier molecular flexibility index (Phi) is 4.01. The van der Waals surface area contributed by atoms with E-state index in [-0.39, 0.29) is 5.78 Å². The third kappa shape index (κ3) is 3.49. The summed E-state index contributed by atoms with van der Waals surface area (Å²) in [5, 5.41) is 3.01. The zero-order valence-electron chi connectivity index (χ0n) is 8.29. The van der Waals surface area contributed by atoms with Crippen molar-refractivity contribution >= 4 is 11.9 Å². The summed E-state index contributed by atoms with van der Waals surface area (Å²) in [4.78, 5) is 14.8. The molecule has 0 aromatic carbocycles. The van der Waals surface area contributed by atoms with Gasteiger partial charge < -0.3 is 5.32 Å². The Morgan fingerprint density at radius 3 is 3.14 bits per heavy atom. The molecule has 74 valence electrons. The van der Waals surface area contributed by atoms with E-state index in [2.05, 4.69) is 16.9 Å². The minimum absolute atomic E-state index is 0.130.